The second-order valence-electron chi connectivity index (χ2n) is 6.01. The van der Waals surface area contributed by atoms with Crippen molar-refractivity contribution in [3.05, 3.63) is 52.9 Å². The van der Waals surface area contributed by atoms with E-state index in [-0.39, 0.29) is 6.10 Å². The van der Waals surface area contributed by atoms with E-state index in [9.17, 15) is 9.59 Å². The molecule has 1 aromatic heterocycles. The summed E-state index contributed by atoms with van der Waals surface area (Å²) in [6.45, 7) is 5.41. The Labute approximate surface area is 145 Å². The fourth-order valence-corrected chi connectivity index (χ4v) is 2.56. The second-order valence-corrected chi connectivity index (χ2v) is 6.01. The number of fused-ring (bicyclic) bond motifs is 3. The summed E-state index contributed by atoms with van der Waals surface area (Å²) < 4.78 is 16.3. The van der Waals surface area contributed by atoms with E-state index < -0.39 is 17.7 Å². The average molecular weight is 340 g/mol. The minimum absolute atomic E-state index is 0.153. The molecule has 1 heterocycles. The van der Waals surface area contributed by atoms with Gasteiger partial charge in [0, 0.05) is 11.5 Å². The number of esters is 1. The summed E-state index contributed by atoms with van der Waals surface area (Å²) in [6.07, 6.45) is -0.162. The van der Waals surface area contributed by atoms with Crippen LogP contribution in [0.2, 0.25) is 0 Å². The Morgan fingerprint density at radius 1 is 1.08 bits per heavy atom. The maximum atomic E-state index is 12.1. The molecule has 0 saturated heterocycles. The fourth-order valence-electron chi connectivity index (χ4n) is 2.56. The van der Waals surface area contributed by atoms with Gasteiger partial charge in [0.1, 0.15) is 11.3 Å². The predicted molar refractivity (Wildman–Crippen MR) is 95.9 cm³/mol. The van der Waals surface area contributed by atoms with Crippen LogP contribution in [0, 0.1) is 0 Å². The van der Waals surface area contributed by atoms with Gasteiger partial charge in [-0.15, -0.1) is 0 Å². The van der Waals surface area contributed by atoms with Crippen LogP contribution in [0.1, 0.15) is 27.2 Å². The highest BCUT2D eigenvalue weighted by atomic mass is 16.6. The number of carbonyl (C=O) groups excluding carboxylic acids is 1. The molecule has 0 amide bonds. The molecule has 5 heteroatoms. The highest BCUT2D eigenvalue weighted by Gasteiger charge is 2.19. The Hall–Kier alpha value is -2.82. The van der Waals surface area contributed by atoms with E-state index in [0.717, 1.165) is 17.2 Å². The first kappa shape index (κ1) is 17.0. The zero-order valence-corrected chi connectivity index (χ0v) is 14.4. The molecule has 0 N–H and O–H groups in total. The zero-order chi connectivity index (χ0) is 18.0. The minimum Gasteiger partial charge on any atom is -0.479 e. The van der Waals surface area contributed by atoms with Gasteiger partial charge in [-0.3, -0.25) is 0 Å². The van der Waals surface area contributed by atoms with E-state index in [0.29, 0.717) is 16.7 Å². The lowest BCUT2D eigenvalue weighted by Crippen LogP contribution is -2.29. The van der Waals surface area contributed by atoms with Crippen LogP contribution in [0.15, 0.2) is 51.7 Å². The number of carbonyl (C=O) groups is 1. The van der Waals surface area contributed by atoms with Crippen molar-refractivity contribution in [2.75, 3.05) is 0 Å². The third-order valence-corrected chi connectivity index (χ3v) is 4.13. The van der Waals surface area contributed by atoms with E-state index in [1.54, 1.807) is 31.2 Å². The molecule has 0 unspecified atom stereocenters. The first-order valence-electron chi connectivity index (χ1n) is 8.32. The summed E-state index contributed by atoms with van der Waals surface area (Å²) in [5.74, 6) is 0.0222. The highest BCUT2D eigenvalue weighted by Crippen LogP contribution is 2.26. The van der Waals surface area contributed by atoms with Gasteiger partial charge in [-0.25, -0.2) is 9.59 Å². The van der Waals surface area contributed by atoms with Gasteiger partial charge in [0.05, 0.1) is 11.5 Å². The van der Waals surface area contributed by atoms with Crippen LogP contribution in [0.4, 0.5) is 0 Å². The maximum absolute atomic E-state index is 12.1. The maximum Gasteiger partial charge on any atom is 0.347 e. The minimum atomic E-state index is -0.751. The van der Waals surface area contributed by atoms with Crippen LogP contribution in [-0.2, 0) is 9.53 Å². The molecule has 2 atom stereocenters. The van der Waals surface area contributed by atoms with Gasteiger partial charge >= 0.3 is 11.6 Å². The molecule has 0 saturated carbocycles. The average Bonchev–Trinajstić information content (AvgIpc) is 2.61. The van der Waals surface area contributed by atoms with Crippen molar-refractivity contribution in [1.29, 1.82) is 0 Å². The van der Waals surface area contributed by atoms with Gasteiger partial charge in [0.25, 0.3) is 0 Å². The monoisotopic (exact) mass is 340 g/mol. The van der Waals surface area contributed by atoms with E-state index in [4.69, 9.17) is 13.9 Å². The molecule has 0 radical (unpaired) electrons. The van der Waals surface area contributed by atoms with Crippen molar-refractivity contribution < 1.29 is 18.7 Å². The zero-order valence-electron chi connectivity index (χ0n) is 14.4. The molecular formula is C20H20O5. The van der Waals surface area contributed by atoms with Crippen LogP contribution in [0.5, 0.6) is 5.75 Å². The summed E-state index contributed by atoms with van der Waals surface area (Å²) in [7, 11) is 0. The first-order valence-corrected chi connectivity index (χ1v) is 8.32. The van der Waals surface area contributed by atoms with Crippen LogP contribution in [-0.4, -0.2) is 18.2 Å². The van der Waals surface area contributed by atoms with E-state index >= 15 is 0 Å². The quantitative estimate of drug-likeness (QED) is 0.398. The van der Waals surface area contributed by atoms with Crippen LogP contribution in [0.25, 0.3) is 21.7 Å². The number of ether oxygens (including phenoxy) is 2. The van der Waals surface area contributed by atoms with Gasteiger partial charge in [-0.1, -0.05) is 25.1 Å². The SMILES string of the molecule is CC[C@@H](C)OC(=O)[C@@H](C)Oc1ccc2c(c1)oc(=O)c1ccccc12. The lowest BCUT2D eigenvalue weighted by Gasteiger charge is -2.17. The summed E-state index contributed by atoms with van der Waals surface area (Å²) in [4.78, 5) is 24.1. The van der Waals surface area contributed by atoms with Crippen LogP contribution in [0.3, 0.4) is 0 Å². The van der Waals surface area contributed by atoms with Crippen molar-refractivity contribution in [3.63, 3.8) is 0 Å². The molecule has 0 fully saturated rings. The third kappa shape index (κ3) is 3.50. The lowest BCUT2D eigenvalue weighted by molar-refractivity contribution is -0.155. The Bertz CT molecular complexity index is 973. The van der Waals surface area contributed by atoms with Gasteiger partial charge in [-0.2, -0.15) is 0 Å². The fraction of sp³-hybridized carbons (Fsp3) is 0.300. The molecule has 3 aromatic rings. The normalized spacial score (nSPS) is 13.6. The number of rotatable bonds is 5. The van der Waals surface area contributed by atoms with Gasteiger partial charge in [-0.05, 0) is 43.9 Å². The van der Waals surface area contributed by atoms with Crippen molar-refractivity contribution in [3.8, 4) is 5.75 Å². The molecule has 2 aromatic carbocycles. The summed E-state index contributed by atoms with van der Waals surface area (Å²) >= 11 is 0. The van der Waals surface area contributed by atoms with Crippen molar-refractivity contribution in [1.82, 2.24) is 0 Å². The van der Waals surface area contributed by atoms with Gasteiger partial charge < -0.3 is 13.9 Å². The molecule has 25 heavy (non-hydrogen) atoms. The smallest absolute Gasteiger partial charge is 0.347 e. The van der Waals surface area contributed by atoms with Crippen LogP contribution < -0.4 is 10.4 Å². The highest BCUT2D eigenvalue weighted by molar-refractivity contribution is 6.04. The van der Waals surface area contributed by atoms with E-state index in [1.807, 2.05) is 32.0 Å². The Morgan fingerprint density at radius 2 is 1.80 bits per heavy atom. The number of hydrogen-bond acceptors (Lipinski definition) is 5. The molecule has 3 rings (SSSR count). The van der Waals surface area contributed by atoms with Gasteiger partial charge in [0.2, 0.25) is 0 Å². The summed E-state index contributed by atoms with van der Waals surface area (Å²) in [6, 6.07) is 12.5. The van der Waals surface area contributed by atoms with Crippen LogP contribution >= 0.6 is 0 Å². The Kier molecular flexibility index (Phi) is 4.74. The molecule has 0 aliphatic heterocycles. The van der Waals surface area contributed by atoms with E-state index in [2.05, 4.69) is 0 Å². The lowest BCUT2D eigenvalue weighted by atomic mass is 10.1. The number of benzene rings is 2. The summed E-state index contributed by atoms with van der Waals surface area (Å²) in [5, 5.41) is 2.18. The molecule has 0 bridgehead atoms. The molecule has 0 spiro atoms. The van der Waals surface area contributed by atoms with Gasteiger partial charge in [0.15, 0.2) is 6.10 Å². The Morgan fingerprint density at radius 3 is 2.52 bits per heavy atom. The van der Waals surface area contributed by atoms with Crippen molar-refractivity contribution in [2.45, 2.75) is 39.4 Å². The standard InChI is InChI=1S/C20H20O5/c1-4-12(2)23-19(21)13(3)24-14-9-10-16-15-7-5-6-8-17(15)20(22)25-18(16)11-14/h5-13H,4H2,1-3H3/t12-,13-/m1/s1. The predicted octanol–water partition coefficient (Wildman–Crippen LogP) is 4.06. The molecule has 5 nitrogen and oxygen atoms in total. The summed E-state index contributed by atoms with van der Waals surface area (Å²) in [5.41, 5.74) is 0.0215. The Balaban J connectivity index is 1.90. The largest absolute Gasteiger partial charge is 0.479 e. The molecule has 0 aliphatic carbocycles. The third-order valence-electron chi connectivity index (χ3n) is 4.13. The second kappa shape index (κ2) is 6.97. The molecule has 0 aliphatic rings. The molecular weight excluding hydrogens is 320 g/mol. The number of hydrogen-bond donors (Lipinski definition) is 0. The topological polar surface area (TPSA) is 65.7 Å². The molecule has 130 valence electrons. The first-order chi connectivity index (χ1) is 12.0. The van der Waals surface area contributed by atoms with Crippen molar-refractivity contribution in [2.24, 2.45) is 0 Å². The van der Waals surface area contributed by atoms with Crippen molar-refractivity contribution >= 4 is 27.7 Å². The van der Waals surface area contributed by atoms with E-state index in [1.165, 1.54) is 0 Å².